The molecule has 0 aromatic rings. The van der Waals surface area contributed by atoms with E-state index in [-0.39, 0.29) is 70.8 Å². The van der Waals surface area contributed by atoms with Gasteiger partial charge in [-0.3, -0.25) is 9.59 Å². The van der Waals surface area contributed by atoms with E-state index in [9.17, 15) is 29.4 Å². The monoisotopic (exact) mass is 1010 g/mol. The Morgan fingerprint density at radius 1 is 0.500 bits per heavy atom. The quantitative estimate of drug-likeness (QED) is 0.0315. The first-order valence-electron chi connectivity index (χ1n) is 23.7. The molecule has 4 N–H and O–H groups in total. The highest BCUT2D eigenvalue weighted by Gasteiger charge is 2.26. The van der Waals surface area contributed by atoms with E-state index in [1.54, 1.807) is 0 Å². The predicted octanol–water partition coefficient (Wildman–Crippen LogP) is 1.70. The first-order valence-corrected chi connectivity index (χ1v) is 23.7. The van der Waals surface area contributed by atoms with E-state index in [4.69, 9.17) is 9.47 Å². The standard InChI is InChI=1S/C48H90N4O8.2BrH/c1-9-11-25-33-43(59-47(57)39-51(3,4)5)41(53)31-27-21-17-13-15-19-23-29-35-45(55)49-37-38-50-46(56)36-30-24-20-16-14-18-22-28-32-42(54)44(34-26-12-10-2)60-48(58)40-52(6,7)8;;/h21-22,27-28,41-44,53-54H,9-20,23-26,29-40H2,1-8H3;2*1H/b27-21+,28-22+;;. The van der Waals surface area contributed by atoms with Gasteiger partial charge < -0.3 is 73.2 Å². The molecule has 0 rings (SSSR count). The molecule has 366 valence electrons. The van der Waals surface area contributed by atoms with Gasteiger partial charge >= 0.3 is 11.9 Å². The minimum absolute atomic E-state index is 0. The molecule has 0 radical (unpaired) electrons. The highest BCUT2D eigenvalue weighted by Crippen LogP contribution is 2.17. The zero-order valence-electron chi connectivity index (χ0n) is 40.4. The predicted molar refractivity (Wildman–Crippen MR) is 244 cm³/mol. The average molecular weight is 1010 g/mol. The summed E-state index contributed by atoms with van der Waals surface area (Å²) in [4.78, 5) is 49.2. The smallest absolute Gasteiger partial charge is 0.362 e. The molecule has 12 nitrogen and oxygen atoms in total. The normalized spacial score (nSPS) is 13.8. The number of rotatable bonds is 39. The summed E-state index contributed by atoms with van der Waals surface area (Å²) in [5.74, 6) is -0.486. The number of halogens is 2. The summed E-state index contributed by atoms with van der Waals surface area (Å²) >= 11 is 0. The van der Waals surface area contributed by atoms with Crippen molar-refractivity contribution in [1.29, 1.82) is 0 Å². The van der Waals surface area contributed by atoms with Crippen molar-refractivity contribution >= 4 is 23.8 Å². The zero-order valence-corrected chi connectivity index (χ0v) is 43.6. The Balaban J connectivity index is -0.0000174. The lowest BCUT2D eigenvalue weighted by molar-refractivity contribution is -0.862. The summed E-state index contributed by atoms with van der Waals surface area (Å²) in [6.45, 7) is 5.70. The first-order chi connectivity index (χ1) is 28.5. The number of aliphatic hydroxyl groups excluding tert-OH is 2. The number of esters is 2. The molecule has 2 amide bonds. The molecular weight excluding hydrogens is 920 g/mol. The third-order valence-corrected chi connectivity index (χ3v) is 10.2. The van der Waals surface area contributed by atoms with E-state index < -0.39 is 24.4 Å². The lowest BCUT2D eigenvalue weighted by Crippen LogP contribution is -3.00. The van der Waals surface area contributed by atoms with Gasteiger partial charge in [0.15, 0.2) is 13.1 Å². The highest BCUT2D eigenvalue weighted by atomic mass is 79.9. The van der Waals surface area contributed by atoms with Crippen LogP contribution >= 0.6 is 0 Å². The lowest BCUT2D eigenvalue weighted by Gasteiger charge is -2.26. The topological polar surface area (TPSA) is 151 Å². The number of allylic oxidation sites excluding steroid dienone is 2. The maximum atomic E-state index is 12.4. The first kappa shape index (κ1) is 64.4. The van der Waals surface area contributed by atoms with Gasteiger partial charge in [-0.1, -0.05) is 102 Å². The third-order valence-electron chi connectivity index (χ3n) is 10.2. The van der Waals surface area contributed by atoms with Crippen LogP contribution < -0.4 is 44.6 Å². The van der Waals surface area contributed by atoms with Gasteiger partial charge in [0.25, 0.3) is 0 Å². The Morgan fingerprint density at radius 2 is 0.839 bits per heavy atom. The number of amides is 2. The highest BCUT2D eigenvalue weighted by molar-refractivity contribution is 5.77. The van der Waals surface area contributed by atoms with Gasteiger partial charge in [-0.05, 0) is 77.0 Å². The second kappa shape index (κ2) is 40.7. The Bertz CT molecular complexity index is 1100. The number of carbonyl (C=O) groups excluding carboxylic acids is 4. The molecule has 0 aliphatic heterocycles. The van der Waals surface area contributed by atoms with Gasteiger partial charge in [-0.25, -0.2) is 9.59 Å². The van der Waals surface area contributed by atoms with E-state index >= 15 is 0 Å². The SMILES string of the molecule is CCCCCC(OC(=O)C[N+](C)(C)C)C(O)C/C=C/CCCCCCCC(=O)NCCNC(=O)CCCCCCC/C=C/CC(O)C(CCCCC)OC(=O)C[N+](C)(C)C.[Br-].[Br-]. The van der Waals surface area contributed by atoms with Crippen LogP contribution in [0.2, 0.25) is 0 Å². The van der Waals surface area contributed by atoms with E-state index in [2.05, 4.69) is 36.6 Å². The average Bonchev–Trinajstić information content (AvgIpc) is 3.15. The minimum atomic E-state index is -0.697. The molecule has 4 unspecified atom stereocenters. The molecule has 0 aromatic heterocycles. The lowest BCUT2D eigenvalue weighted by atomic mass is 10.0. The number of unbranched alkanes of at least 4 members (excludes halogenated alkanes) is 14. The van der Waals surface area contributed by atoms with Gasteiger partial charge in [0.1, 0.15) is 12.2 Å². The van der Waals surface area contributed by atoms with Gasteiger partial charge in [0.2, 0.25) is 11.8 Å². The number of hydrogen-bond acceptors (Lipinski definition) is 8. The number of aliphatic hydroxyl groups is 2. The van der Waals surface area contributed by atoms with Gasteiger partial charge in [0, 0.05) is 25.9 Å². The summed E-state index contributed by atoms with van der Waals surface area (Å²) in [5, 5.41) is 27.3. The fourth-order valence-electron chi connectivity index (χ4n) is 6.78. The molecule has 0 heterocycles. The van der Waals surface area contributed by atoms with E-state index in [0.717, 1.165) is 116 Å². The second-order valence-corrected chi connectivity index (χ2v) is 18.8. The summed E-state index contributed by atoms with van der Waals surface area (Å²) in [7, 11) is 11.7. The number of ether oxygens (including phenoxy) is 2. The molecule has 0 aliphatic rings. The molecular formula is C48H92Br2N4O8. The van der Waals surface area contributed by atoms with Crippen molar-refractivity contribution in [3.05, 3.63) is 24.3 Å². The summed E-state index contributed by atoms with van der Waals surface area (Å²) in [6, 6.07) is 0. The van der Waals surface area contributed by atoms with E-state index in [1.165, 1.54) is 0 Å². The van der Waals surface area contributed by atoms with E-state index in [1.807, 2.05) is 54.4 Å². The molecule has 0 saturated heterocycles. The number of quaternary nitrogens is 2. The Labute approximate surface area is 399 Å². The zero-order chi connectivity index (χ0) is 45.1. The van der Waals surface area contributed by atoms with Gasteiger partial charge in [-0.15, -0.1) is 0 Å². The van der Waals surface area contributed by atoms with Crippen LogP contribution in [0.15, 0.2) is 24.3 Å². The van der Waals surface area contributed by atoms with Crippen LogP contribution in [0.4, 0.5) is 0 Å². The molecule has 4 atom stereocenters. The summed E-state index contributed by atoms with van der Waals surface area (Å²) in [5.41, 5.74) is 0. The fraction of sp³-hybridized carbons (Fsp3) is 0.833. The van der Waals surface area contributed by atoms with Crippen molar-refractivity contribution in [3.8, 4) is 0 Å². The van der Waals surface area contributed by atoms with Crippen LogP contribution in [0, 0.1) is 0 Å². The van der Waals surface area contributed by atoms with Crippen molar-refractivity contribution in [2.45, 2.75) is 192 Å². The molecule has 0 bridgehead atoms. The van der Waals surface area contributed by atoms with Crippen molar-refractivity contribution in [2.75, 3.05) is 68.5 Å². The van der Waals surface area contributed by atoms with Crippen molar-refractivity contribution in [2.24, 2.45) is 0 Å². The van der Waals surface area contributed by atoms with Gasteiger partial charge in [0.05, 0.1) is 54.5 Å². The van der Waals surface area contributed by atoms with Gasteiger partial charge in [-0.2, -0.15) is 0 Å². The number of carbonyl (C=O) groups is 4. The second-order valence-electron chi connectivity index (χ2n) is 18.8. The van der Waals surface area contributed by atoms with Crippen LogP contribution in [-0.4, -0.2) is 136 Å². The van der Waals surface area contributed by atoms with E-state index in [0.29, 0.717) is 60.6 Å². The molecule has 0 saturated carbocycles. The molecule has 0 fully saturated rings. The van der Waals surface area contributed by atoms with Crippen molar-refractivity contribution in [3.63, 3.8) is 0 Å². The Hall–Kier alpha value is -1.84. The molecule has 62 heavy (non-hydrogen) atoms. The molecule has 0 aromatic carbocycles. The summed E-state index contributed by atoms with van der Waals surface area (Å²) < 4.78 is 12.4. The number of likely N-dealkylation sites (N-methyl/N-ethyl adjacent to an activating group) is 2. The maximum absolute atomic E-state index is 12.4. The third kappa shape index (κ3) is 42.1. The van der Waals surface area contributed by atoms with Crippen LogP contribution in [0.25, 0.3) is 0 Å². The molecule has 14 heteroatoms. The molecule has 0 spiro atoms. The van der Waals surface area contributed by atoms with Crippen LogP contribution in [0.5, 0.6) is 0 Å². The largest absolute Gasteiger partial charge is 1.00 e. The fourth-order valence-corrected chi connectivity index (χ4v) is 6.78. The Kier molecular flexibility index (Phi) is 42.3. The van der Waals surface area contributed by atoms with Crippen LogP contribution in [-0.2, 0) is 28.7 Å². The minimum Gasteiger partial charge on any atom is -1.00 e. The number of nitrogens with one attached hydrogen (secondary N) is 2. The number of nitrogens with zero attached hydrogens (tertiary/aromatic N) is 2. The number of hydrogen-bond donors (Lipinski definition) is 4. The van der Waals surface area contributed by atoms with Crippen molar-refractivity contribution in [1.82, 2.24) is 10.6 Å². The Morgan fingerprint density at radius 3 is 1.18 bits per heavy atom. The molecule has 0 aliphatic carbocycles. The van der Waals surface area contributed by atoms with Crippen LogP contribution in [0.3, 0.4) is 0 Å². The van der Waals surface area contributed by atoms with Crippen LogP contribution in [0.1, 0.15) is 168 Å². The maximum Gasteiger partial charge on any atom is 0.362 e. The van der Waals surface area contributed by atoms with Crippen molar-refractivity contribution < 1.29 is 81.8 Å². The summed E-state index contributed by atoms with van der Waals surface area (Å²) in [6.07, 6.45) is 27.3.